The Balaban J connectivity index is 1.51. The van der Waals surface area contributed by atoms with Crippen molar-refractivity contribution in [2.75, 3.05) is 16.9 Å². The number of nitrogens with one attached hydrogen (secondary N) is 2. The minimum Gasteiger partial charge on any atom is -0.324 e. The Hall–Kier alpha value is -3.85. The Bertz CT molecular complexity index is 1230. The molecule has 0 aliphatic rings. The molecule has 0 aliphatic carbocycles. The van der Waals surface area contributed by atoms with E-state index < -0.39 is 23.2 Å². The third kappa shape index (κ3) is 4.73. The van der Waals surface area contributed by atoms with Crippen LogP contribution in [0.15, 0.2) is 78.1 Å². The number of pyridine rings is 1. The maximum atomic E-state index is 13.8. The molecule has 4 rings (SSSR count). The number of hydrogen-bond acceptors (Lipinski definition) is 6. The molecule has 0 fully saturated rings. The van der Waals surface area contributed by atoms with Crippen molar-refractivity contribution in [3.8, 4) is 11.3 Å². The Labute approximate surface area is 187 Å². The minimum absolute atomic E-state index is 0.243. The molecule has 0 saturated heterocycles. The van der Waals surface area contributed by atoms with Gasteiger partial charge in [-0.1, -0.05) is 6.07 Å². The van der Waals surface area contributed by atoms with Gasteiger partial charge in [-0.2, -0.15) is 0 Å². The number of thioether (sulfide) groups is 1. The summed E-state index contributed by atoms with van der Waals surface area (Å²) in [5, 5.41) is 5.36. The van der Waals surface area contributed by atoms with Crippen molar-refractivity contribution in [3.63, 3.8) is 0 Å². The van der Waals surface area contributed by atoms with E-state index in [1.165, 1.54) is 30.0 Å². The Kier molecular flexibility index (Phi) is 6.37. The number of nitrogens with zero attached hydrogens (tertiary/aromatic N) is 3. The lowest BCUT2D eigenvalue weighted by Crippen LogP contribution is -2.14. The van der Waals surface area contributed by atoms with Crippen LogP contribution in [0.5, 0.6) is 0 Å². The predicted molar refractivity (Wildman–Crippen MR) is 121 cm³/mol. The van der Waals surface area contributed by atoms with E-state index in [4.69, 9.17) is 0 Å². The van der Waals surface area contributed by atoms with Gasteiger partial charge in [0.05, 0.1) is 10.6 Å². The third-order valence-electron chi connectivity index (χ3n) is 4.51. The maximum Gasteiger partial charge on any atom is 0.255 e. The Morgan fingerprint density at radius 2 is 1.72 bits per heavy atom. The number of rotatable bonds is 6. The van der Waals surface area contributed by atoms with Crippen LogP contribution < -0.4 is 10.6 Å². The molecule has 9 heteroatoms. The molecule has 0 bridgehead atoms. The van der Waals surface area contributed by atoms with Gasteiger partial charge in [-0.3, -0.25) is 9.78 Å². The van der Waals surface area contributed by atoms with Crippen LogP contribution in [0.1, 0.15) is 10.4 Å². The number of anilines is 3. The summed E-state index contributed by atoms with van der Waals surface area (Å²) in [6.07, 6.45) is 7.11. The molecule has 0 spiro atoms. The van der Waals surface area contributed by atoms with E-state index in [2.05, 4.69) is 25.6 Å². The van der Waals surface area contributed by atoms with Gasteiger partial charge >= 0.3 is 0 Å². The predicted octanol–water partition coefficient (Wildman–Crippen LogP) is 5.53. The monoisotopic (exact) mass is 449 g/mol. The van der Waals surface area contributed by atoms with Crippen LogP contribution in [0.3, 0.4) is 0 Å². The molecule has 0 aliphatic heterocycles. The second kappa shape index (κ2) is 9.52. The van der Waals surface area contributed by atoms with Crippen molar-refractivity contribution in [3.05, 3.63) is 90.4 Å². The maximum absolute atomic E-state index is 13.8. The molecule has 2 aromatic carbocycles. The number of carbonyl (C=O) groups is 1. The van der Waals surface area contributed by atoms with Crippen molar-refractivity contribution >= 4 is 35.0 Å². The lowest BCUT2D eigenvalue weighted by molar-refractivity contribution is 0.102. The van der Waals surface area contributed by atoms with Crippen LogP contribution >= 0.6 is 11.8 Å². The van der Waals surface area contributed by atoms with Gasteiger partial charge in [0.1, 0.15) is 17.3 Å². The van der Waals surface area contributed by atoms with E-state index >= 15 is 0 Å². The fourth-order valence-corrected chi connectivity index (χ4v) is 3.44. The summed E-state index contributed by atoms with van der Waals surface area (Å²) in [5.74, 6) is -1.92. The van der Waals surface area contributed by atoms with E-state index in [1.807, 2.05) is 18.4 Å². The van der Waals surface area contributed by atoms with E-state index in [1.54, 1.807) is 30.7 Å². The lowest BCUT2D eigenvalue weighted by Gasteiger charge is -2.11. The van der Waals surface area contributed by atoms with E-state index in [0.29, 0.717) is 11.6 Å². The first-order chi connectivity index (χ1) is 15.5. The average Bonchev–Trinajstić information content (AvgIpc) is 2.82. The van der Waals surface area contributed by atoms with Crippen LogP contribution in [0, 0.1) is 11.6 Å². The SMILES string of the molecule is CSc1cnc(Nc2ccc(C(=O)Nc3c(F)cccc3F)cc2)nc1-c1cccnc1. The second-order valence-electron chi connectivity index (χ2n) is 6.61. The molecule has 4 aromatic rings. The van der Waals surface area contributed by atoms with Gasteiger partial charge < -0.3 is 10.6 Å². The minimum atomic E-state index is -0.841. The molecule has 6 nitrogen and oxygen atoms in total. The zero-order valence-corrected chi connectivity index (χ0v) is 17.7. The van der Waals surface area contributed by atoms with Crippen molar-refractivity contribution in [1.29, 1.82) is 0 Å². The molecule has 1 amide bonds. The Morgan fingerprint density at radius 3 is 2.38 bits per heavy atom. The number of halogens is 2. The molecule has 0 atom stereocenters. The van der Waals surface area contributed by atoms with Gasteiger partial charge in [0.25, 0.3) is 5.91 Å². The zero-order valence-electron chi connectivity index (χ0n) is 16.8. The van der Waals surface area contributed by atoms with E-state index in [-0.39, 0.29) is 5.56 Å². The quantitative estimate of drug-likeness (QED) is 0.377. The standard InChI is InChI=1S/C23H17F2N5OS/c1-32-19-13-27-23(30-20(19)15-4-3-11-26-12-15)28-16-9-7-14(8-10-16)22(31)29-21-17(24)5-2-6-18(21)25/h2-13H,1H3,(H,29,31)(H,27,28,30). The summed E-state index contributed by atoms with van der Waals surface area (Å²) in [4.78, 5) is 26.4. The molecule has 2 aromatic heterocycles. The topological polar surface area (TPSA) is 79.8 Å². The largest absolute Gasteiger partial charge is 0.324 e. The summed E-state index contributed by atoms with van der Waals surface area (Å²) >= 11 is 1.53. The normalized spacial score (nSPS) is 10.6. The summed E-state index contributed by atoms with van der Waals surface area (Å²) in [7, 11) is 0. The fraction of sp³-hybridized carbons (Fsp3) is 0.0435. The molecule has 0 radical (unpaired) electrons. The number of amides is 1. The van der Waals surface area contributed by atoms with Crippen LogP contribution in [0.4, 0.5) is 26.1 Å². The highest BCUT2D eigenvalue weighted by Gasteiger charge is 2.14. The molecule has 0 unspecified atom stereocenters. The summed E-state index contributed by atoms with van der Waals surface area (Å²) in [6.45, 7) is 0. The lowest BCUT2D eigenvalue weighted by atomic mass is 10.2. The number of aromatic nitrogens is 3. The van der Waals surface area contributed by atoms with Gasteiger partial charge in [-0.05, 0) is 54.8 Å². The highest BCUT2D eigenvalue weighted by molar-refractivity contribution is 7.98. The van der Waals surface area contributed by atoms with Crippen molar-refractivity contribution in [2.24, 2.45) is 0 Å². The number of benzene rings is 2. The average molecular weight is 449 g/mol. The van der Waals surface area contributed by atoms with E-state index in [0.717, 1.165) is 28.3 Å². The van der Waals surface area contributed by atoms with Crippen molar-refractivity contribution in [2.45, 2.75) is 4.90 Å². The van der Waals surface area contributed by atoms with Gasteiger partial charge in [-0.25, -0.2) is 18.7 Å². The second-order valence-corrected chi connectivity index (χ2v) is 7.45. The molecule has 0 saturated carbocycles. The van der Waals surface area contributed by atoms with Gasteiger partial charge in [0, 0.05) is 35.4 Å². The first-order valence-corrected chi connectivity index (χ1v) is 10.7. The Morgan fingerprint density at radius 1 is 0.969 bits per heavy atom. The van der Waals surface area contributed by atoms with Crippen LogP contribution in [-0.4, -0.2) is 27.1 Å². The molecule has 2 heterocycles. The molecule has 160 valence electrons. The number of hydrogen-bond donors (Lipinski definition) is 2. The van der Waals surface area contributed by atoms with Gasteiger partial charge in [0.15, 0.2) is 0 Å². The van der Waals surface area contributed by atoms with Crippen molar-refractivity contribution < 1.29 is 13.6 Å². The summed E-state index contributed by atoms with van der Waals surface area (Å²) in [5.41, 5.74) is 2.03. The van der Waals surface area contributed by atoms with Gasteiger partial charge in [-0.15, -0.1) is 11.8 Å². The fourth-order valence-electron chi connectivity index (χ4n) is 2.93. The smallest absolute Gasteiger partial charge is 0.255 e. The highest BCUT2D eigenvalue weighted by Crippen LogP contribution is 2.29. The van der Waals surface area contributed by atoms with Crippen LogP contribution in [0.25, 0.3) is 11.3 Å². The first-order valence-electron chi connectivity index (χ1n) is 9.49. The summed E-state index contributed by atoms with van der Waals surface area (Å²) < 4.78 is 27.5. The first kappa shape index (κ1) is 21.4. The third-order valence-corrected chi connectivity index (χ3v) is 5.25. The van der Waals surface area contributed by atoms with Crippen LogP contribution in [0.2, 0.25) is 0 Å². The molecule has 2 N–H and O–H groups in total. The number of para-hydroxylation sites is 1. The molecular weight excluding hydrogens is 432 g/mol. The highest BCUT2D eigenvalue weighted by atomic mass is 32.2. The summed E-state index contributed by atoms with van der Waals surface area (Å²) in [6, 6.07) is 13.5. The number of carbonyl (C=O) groups excluding carboxylic acids is 1. The molecule has 32 heavy (non-hydrogen) atoms. The van der Waals surface area contributed by atoms with Gasteiger partial charge in [0.2, 0.25) is 5.95 Å². The molecular formula is C23H17F2N5OS. The van der Waals surface area contributed by atoms with E-state index in [9.17, 15) is 13.6 Å². The van der Waals surface area contributed by atoms with Crippen molar-refractivity contribution in [1.82, 2.24) is 15.0 Å². The van der Waals surface area contributed by atoms with Crippen LogP contribution in [-0.2, 0) is 0 Å². The zero-order chi connectivity index (χ0) is 22.5.